The number of aromatic amines is 1. The Balaban J connectivity index is 2.06. The Bertz CT molecular complexity index is 901. The summed E-state index contributed by atoms with van der Waals surface area (Å²) in [6, 6.07) is 8.70. The van der Waals surface area contributed by atoms with Crippen LogP contribution in [0.4, 0.5) is 5.69 Å². The number of para-hydroxylation sites is 1. The molecule has 1 aromatic carbocycles. The molecule has 2 heterocycles. The number of rotatable bonds is 2. The van der Waals surface area contributed by atoms with Crippen LogP contribution in [0.15, 0.2) is 45.0 Å². The molecule has 0 radical (unpaired) electrons. The zero-order valence-corrected chi connectivity index (χ0v) is 12.9. The van der Waals surface area contributed by atoms with E-state index in [9.17, 15) is 14.7 Å². The van der Waals surface area contributed by atoms with Crippen molar-refractivity contribution in [2.75, 3.05) is 5.32 Å². The number of nitrogens with one attached hydrogen (secondary N) is 2. The van der Waals surface area contributed by atoms with Gasteiger partial charge in [-0.3, -0.25) is 9.59 Å². The van der Waals surface area contributed by atoms with Gasteiger partial charge in [0.1, 0.15) is 5.56 Å². The van der Waals surface area contributed by atoms with Gasteiger partial charge in [-0.1, -0.05) is 12.1 Å². The molecule has 0 aliphatic heterocycles. The highest BCUT2D eigenvalue weighted by atomic mass is 79.9. The number of amides is 1. The van der Waals surface area contributed by atoms with E-state index in [2.05, 4.69) is 26.2 Å². The fraction of sp³-hybridized carbons (Fsp3) is 0. The summed E-state index contributed by atoms with van der Waals surface area (Å²) in [6.07, 6.45) is 0. The maximum Gasteiger partial charge on any atom is 0.265 e. The summed E-state index contributed by atoms with van der Waals surface area (Å²) in [6.45, 7) is 0. The first-order valence-corrected chi connectivity index (χ1v) is 7.63. The molecule has 0 spiro atoms. The molecule has 0 unspecified atom stereocenters. The second kappa shape index (κ2) is 5.34. The Morgan fingerprint density at radius 3 is 2.81 bits per heavy atom. The van der Waals surface area contributed by atoms with Gasteiger partial charge < -0.3 is 15.4 Å². The fourth-order valence-corrected chi connectivity index (χ4v) is 3.14. The zero-order valence-electron chi connectivity index (χ0n) is 10.5. The molecule has 3 rings (SSSR count). The van der Waals surface area contributed by atoms with Gasteiger partial charge in [-0.25, -0.2) is 0 Å². The molecule has 3 aromatic rings. The van der Waals surface area contributed by atoms with E-state index < -0.39 is 11.5 Å². The van der Waals surface area contributed by atoms with Gasteiger partial charge in [0.2, 0.25) is 0 Å². The Morgan fingerprint density at radius 2 is 2.05 bits per heavy atom. The number of halogens is 1. The molecule has 0 aliphatic rings. The maximum atomic E-state index is 12.3. The number of fused-ring (bicyclic) bond motifs is 1. The molecule has 0 saturated carbocycles. The Labute approximate surface area is 131 Å². The molecule has 3 N–H and O–H groups in total. The first-order chi connectivity index (χ1) is 10.1. The molecule has 0 fully saturated rings. The van der Waals surface area contributed by atoms with Gasteiger partial charge in [0.05, 0.1) is 15.9 Å². The minimum Gasteiger partial charge on any atom is -0.505 e. The molecule has 1 amide bonds. The molecule has 0 bridgehead atoms. The standard InChI is InChI=1S/C14H9BrN2O3S/c15-7-3-1-2-4-8(7)16-13(19)10-11(18)12-9(5-6-21-12)17-14(10)20/h1-6H,(H,16,19)(H2,17,18,20). The Kier molecular flexibility index (Phi) is 3.52. The summed E-state index contributed by atoms with van der Waals surface area (Å²) in [5.41, 5.74) is 0.121. The monoisotopic (exact) mass is 364 g/mol. The van der Waals surface area contributed by atoms with Crippen molar-refractivity contribution in [1.82, 2.24) is 4.98 Å². The van der Waals surface area contributed by atoms with E-state index in [-0.39, 0.29) is 11.3 Å². The van der Waals surface area contributed by atoms with Crippen LogP contribution in [-0.4, -0.2) is 16.0 Å². The summed E-state index contributed by atoms with van der Waals surface area (Å²) in [5, 5.41) is 14.5. The smallest absolute Gasteiger partial charge is 0.265 e. The van der Waals surface area contributed by atoms with Crippen LogP contribution in [0.25, 0.3) is 10.2 Å². The number of aromatic hydroxyl groups is 1. The number of carbonyl (C=O) groups is 1. The summed E-state index contributed by atoms with van der Waals surface area (Å²) in [5.74, 6) is -0.954. The van der Waals surface area contributed by atoms with Crippen LogP contribution in [0, 0.1) is 0 Å². The van der Waals surface area contributed by atoms with Crippen LogP contribution in [0.2, 0.25) is 0 Å². The van der Waals surface area contributed by atoms with E-state index in [4.69, 9.17) is 0 Å². The second-order valence-electron chi connectivity index (χ2n) is 4.28. The molecule has 106 valence electrons. The third kappa shape index (κ3) is 2.45. The minimum atomic E-state index is -0.657. The van der Waals surface area contributed by atoms with Crippen molar-refractivity contribution < 1.29 is 9.90 Å². The SMILES string of the molecule is O=C(Nc1ccccc1Br)c1c(O)c2sccc2[nH]c1=O. The molecule has 7 heteroatoms. The third-order valence-corrected chi connectivity index (χ3v) is 4.55. The largest absolute Gasteiger partial charge is 0.505 e. The predicted octanol–water partition coefficient (Wildman–Crippen LogP) is 3.31. The van der Waals surface area contributed by atoms with Crippen LogP contribution < -0.4 is 10.9 Å². The van der Waals surface area contributed by atoms with Gasteiger partial charge in [0, 0.05) is 4.47 Å². The van der Waals surface area contributed by atoms with E-state index in [0.717, 1.165) is 0 Å². The number of carbonyl (C=O) groups excluding carboxylic acids is 1. The number of anilines is 1. The summed E-state index contributed by atoms with van der Waals surface area (Å²) in [7, 11) is 0. The average Bonchev–Trinajstić information content (AvgIpc) is 2.90. The van der Waals surface area contributed by atoms with Crippen molar-refractivity contribution in [2.45, 2.75) is 0 Å². The van der Waals surface area contributed by atoms with Gasteiger partial charge in [0.25, 0.3) is 11.5 Å². The molecular formula is C14H9BrN2O3S. The lowest BCUT2D eigenvalue weighted by atomic mass is 10.2. The topological polar surface area (TPSA) is 82.2 Å². The lowest BCUT2D eigenvalue weighted by molar-refractivity contribution is 0.102. The first kappa shape index (κ1) is 13.8. The van der Waals surface area contributed by atoms with Crippen LogP contribution in [-0.2, 0) is 0 Å². The lowest BCUT2D eigenvalue weighted by Crippen LogP contribution is -2.23. The summed E-state index contributed by atoms with van der Waals surface area (Å²) in [4.78, 5) is 26.8. The Morgan fingerprint density at radius 1 is 1.29 bits per heavy atom. The second-order valence-corrected chi connectivity index (χ2v) is 6.05. The van der Waals surface area contributed by atoms with Crippen LogP contribution in [0.3, 0.4) is 0 Å². The zero-order chi connectivity index (χ0) is 15.0. The molecule has 2 aromatic heterocycles. The third-order valence-electron chi connectivity index (χ3n) is 2.94. The lowest BCUT2D eigenvalue weighted by Gasteiger charge is -2.08. The van der Waals surface area contributed by atoms with Crippen molar-refractivity contribution in [1.29, 1.82) is 0 Å². The van der Waals surface area contributed by atoms with E-state index in [0.29, 0.717) is 20.4 Å². The van der Waals surface area contributed by atoms with Crippen molar-refractivity contribution in [3.63, 3.8) is 0 Å². The van der Waals surface area contributed by atoms with Crippen molar-refractivity contribution in [3.8, 4) is 5.75 Å². The highest BCUT2D eigenvalue weighted by Gasteiger charge is 2.20. The number of H-pyrrole nitrogens is 1. The molecular weight excluding hydrogens is 356 g/mol. The van der Waals surface area contributed by atoms with E-state index in [1.165, 1.54) is 11.3 Å². The van der Waals surface area contributed by atoms with Gasteiger partial charge in [-0.05, 0) is 39.5 Å². The highest BCUT2D eigenvalue weighted by molar-refractivity contribution is 9.10. The molecule has 0 saturated heterocycles. The van der Waals surface area contributed by atoms with Gasteiger partial charge in [-0.2, -0.15) is 0 Å². The molecule has 5 nitrogen and oxygen atoms in total. The number of pyridine rings is 1. The average molecular weight is 365 g/mol. The molecule has 0 atom stereocenters. The predicted molar refractivity (Wildman–Crippen MR) is 86.2 cm³/mol. The maximum absolute atomic E-state index is 12.3. The highest BCUT2D eigenvalue weighted by Crippen LogP contribution is 2.30. The molecule has 21 heavy (non-hydrogen) atoms. The fourth-order valence-electron chi connectivity index (χ4n) is 1.96. The number of thiophene rings is 1. The Hall–Kier alpha value is -2.12. The van der Waals surface area contributed by atoms with Crippen molar-refractivity contribution in [2.24, 2.45) is 0 Å². The van der Waals surface area contributed by atoms with E-state index in [1.54, 1.807) is 29.6 Å². The number of hydrogen-bond donors (Lipinski definition) is 3. The van der Waals surface area contributed by atoms with Crippen LogP contribution in [0.5, 0.6) is 5.75 Å². The minimum absolute atomic E-state index is 0.291. The van der Waals surface area contributed by atoms with Crippen LogP contribution >= 0.6 is 27.3 Å². The van der Waals surface area contributed by atoms with Gasteiger partial charge in [-0.15, -0.1) is 11.3 Å². The summed E-state index contributed by atoms with van der Waals surface area (Å²) >= 11 is 4.56. The van der Waals surface area contributed by atoms with E-state index in [1.807, 2.05) is 6.07 Å². The van der Waals surface area contributed by atoms with Crippen LogP contribution in [0.1, 0.15) is 10.4 Å². The quantitative estimate of drug-likeness (QED) is 0.652. The molecule has 0 aliphatic carbocycles. The van der Waals surface area contributed by atoms with Gasteiger partial charge in [0.15, 0.2) is 5.75 Å². The normalized spacial score (nSPS) is 10.7. The van der Waals surface area contributed by atoms with E-state index >= 15 is 0 Å². The van der Waals surface area contributed by atoms with Gasteiger partial charge >= 0.3 is 0 Å². The number of benzene rings is 1. The number of aromatic nitrogens is 1. The van der Waals surface area contributed by atoms with Crippen molar-refractivity contribution in [3.05, 3.63) is 56.1 Å². The summed E-state index contributed by atoms with van der Waals surface area (Å²) < 4.78 is 1.17. The van der Waals surface area contributed by atoms with Crippen molar-refractivity contribution >= 4 is 49.1 Å². The first-order valence-electron chi connectivity index (χ1n) is 5.96. The number of hydrogen-bond acceptors (Lipinski definition) is 4.